The number of hydrogen-bond acceptors (Lipinski definition) is 4. The number of para-hydroxylation sites is 2. The van der Waals surface area contributed by atoms with Gasteiger partial charge in [-0.05, 0) is 32.9 Å². The molecule has 0 bridgehead atoms. The molecular formula is C19H25N3O3. The van der Waals surface area contributed by atoms with E-state index in [1.165, 1.54) is 0 Å². The van der Waals surface area contributed by atoms with Crippen LogP contribution in [0.25, 0.3) is 0 Å². The summed E-state index contributed by atoms with van der Waals surface area (Å²) >= 11 is 0. The second-order valence-corrected chi connectivity index (χ2v) is 6.65. The maximum atomic E-state index is 12.9. The summed E-state index contributed by atoms with van der Waals surface area (Å²) in [4.78, 5) is 14.6. The van der Waals surface area contributed by atoms with Gasteiger partial charge in [0.25, 0.3) is 0 Å². The monoisotopic (exact) mass is 343 g/mol. The van der Waals surface area contributed by atoms with Gasteiger partial charge in [0.2, 0.25) is 5.91 Å². The molecular weight excluding hydrogens is 318 g/mol. The highest BCUT2D eigenvalue weighted by Crippen LogP contribution is 2.31. The largest absolute Gasteiger partial charge is 0.486 e. The molecule has 25 heavy (non-hydrogen) atoms. The molecule has 1 amide bonds. The number of fused-ring (bicyclic) bond motifs is 1. The number of likely N-dealkylation sites (N-methyl/N-ethyl adjacent to an activating group) is 1. The maximum Gasteiger partial charge on any atom is 0.229 e. The van der Waals surface area contributed by atoms with Crippen LogP contribution in [0.1, 0.15) is 29.8 Å². The smallest absolute Gasteiger partial charge is 0.229 e. The van der Waals surface area contributed by atoms with E-state index in [2.05, 4.69) is 5.10 Å². The van der Waals surface area contributed by atoms with Crippen LogP contribution in [0.5, 0.6) is 11.5 Å². The Morgan fingerprint density at radius 3 is 2.68 bits per heavy atom. The van der Waals surface area contributed by atoms with Gasteiger partial charge in [0.1, 0.15) is 6.61 Å². The fourth-order valence-corrected chi connectivity index (χ4v) is 3.42. The molecule has 1 aromatic carbocycles. The lowest BCUT2D eigenvalue weighted by molar-refractivity contribution is -0.132. The SMILES string of the molecule is Cc1nn(C)c(C)c1[C@H](C)C(=O)N(C)C[C@@H]1COc2ccccc2O1. The second-order valence-electron chi connectivity index (χ2n) is 6.65. The number of aryl methyl sites for hydroxylation is 2. The molecule has 1 aliphatic heterocycles. The van der Waals surface area contributed by atoms with Crippen molar-refractivity contribution in [3.8, 4) is 11.5 Å². The van der Waals surface area contributed by atoms with Crippen molar-refractivity contribution in [3.63, 3.8) is 0 Å². The third-order valence-electron chi connectivity index (χ3n) is 4.79. The summed E-state index contributed by atoms with van der Waals surface area (Å²) < 4.78 is 13.5. The van der Waals surface area contributed by atoms with Crippen LogP contribution in [0.15, 0.2) is 24.3 Å². The molecule has 0 spiro atoms. The Balaban J connectivity index is 1.67. The van der Waals surface area contributed by atoms with Crippen molar-refractivity contribution in [1.29, 1.82) is 0 Å². The molecule has 0 saturated heterocycles. The predicted octanol–water partition coefficient (Wildman–Crippen LogP) is 2.44. The normalized spacial score (nSPS) is 17.2. The molecule has 2 aromatic rings. The first-order chi connectivity index (χ1) is 11.9. The summed E-state index contributed by atoms with van der Waals surface area (Å²) in [5.74, 6) is 1.30. The highest BCUT2D eigenvalue weighted by atomic mass is 16.6. The Hall–Kier alpha value is -2.50. The Morgan fingerprint density at radius 1 is 1.36 bits per heavy atom. The van der Waals surface area contributed by atoms with E-state index in [1.807, 2.05) is 63.8 Å². The van der Waals surface area contributed by atoms with Gasteiger partial charge in [-0.3, -0.25) is 9.48 Å². The summed E-state index contributed by atoms with van der Waals surface area (Å²) in [5.41, 5.74) is 2.93. The predicted molar refractivity (Wildman–Crippen MR) is 95.1 cm³/mol. The summed E-state index contributed by atoms with van der Waals surface area (Å²) in [6.07, 6.45) is -0.174. The van der Waals surface area contributed by atoms with Gasteiger partial charge in [-0.2, -0.15) is 5.10 Å². The number of benzene rings is 1. The molecule has 0 N–H and O–H groups in total. The fraction of sp³-hybridized carbons (Fsp3) is 0.474. The molecule has 1 aliphatic rings. The van der Waals surface area contributed by atoms with E-state index in [-0.39, 0.29) is 17.9 Å². The highest BCUT2D eigenvalue weighted by molar-refractivity contribution is 5.83. The quantitative estimate of drug-likeness (QED) is 0.856. The van der Waals surface area contributed by atoms with Crippen molar-refractivity contribution < 1.29 is 14.3 Å². The number of rotatable bonds is 4. The molecule has 0 radical (unpaired) electrons. The van der Waals surface area contributed by atoms with Crippen LogP contribution in [-0.2, 0) is 11.8 Å². The van der Waals surface area contributed by atoms with Gasteiger partial charge in [-0.1, -0.05) is 12.1 Å². The summed E-state index contributed by atoms with van der Waals surface area (Å²) in [6, 6.07) is 7.60. The summed E-state index contributed by atoms with van der Waals surface area (Å²) in [7, 11) is 3.71. The molecule has 6 nitrogen and oxygen atoms in total. The third kappa shape index (κ3) is 3.34. The molecule has 134 valence electrons. The van der Waals surface area contributed by atoms with E-state index in [9.17, 15) is 4.79 Å². The van der Waals surface area contributed by atoms with E-state index in [4.69, 9.17) is 9.47 Å². The molecule has 2 atom stereocenters. The van der Waals surface area contributed by atoms with Gasteiger partial charge in [0.05, 0.1) is 18.2 Å². The van der Waals surface area contributed by atoms with Crippen molar-refractivity contribution >= 4 is 5.91 Å². The zero-order chi connectivity index (χ0) is 18.1. The minimum atomic E-state index is -0.240. The number of ether oxygens (including phenoxy) is 2. The summed E-state index contributed by atoms with van der Waals surface area (Å²) in [6.45, 7) is 6.79. The first-order valence-electron chi connectivity index (χ1n) is 8.52. The molecule has 2 heterocycles. The minimum Gasteiger partial charge on any atom is -0.486 e. The van der Waals surface area contributed by atoms with Gasteiger partial charge < -0.3 is 14.4 Å². The average molecular weight is 343 g/mol. The Kier molecular flexibility index (Phi) is 4.70. The van der Waals surface area contributed by atoms with Crippen LogP contribution in [0.3, 0.4) is 0 Å². The van der Waals surface area contributed by atoms with Crippen LogP contribution in [-0.4, -0.2) is 46.9 Å². The van der Waals surface area contributed by atoms with Gasteiger partial charge in [-0.15, -0.1) is 0 Å². The topological polar surface area (TPSA) is 56.6 Å². The number of carbonyl (C=O) groups is 1. The zero-order valence-electron chi connectivity index (χ0n) is 15.4. The van der Waals surface area contributed by atoms with E-state index < -0.39 is 0 Å². The lowest BCUT2D eigenvalue weighted by Gasteiger charge is -2.30. The first kappa shape index (κ1) is 17.3. The highest BCUT2D eigenvalue weighted by Gasteiger charge is 2.28. The number of hydrogen-bond donors (Lipinski definition) is 0. The van der Waals surface area contributed by atoms with E-state index in [1.54, 1.807) is 4.90 Å². The molecule has 0 saturated carbocycles. The molecule has 0 unspecified atom stereocenters. The number of aromatic nitrogens is 2. The van der Waals surface area contributed by atoms with Crippen molar-refractivity contribution in [3.05, 3.63) is 41.2 Å². The Bertz CT molecular complexity index is 784. The number of nitrogens with zero attached hydrogens (tertiary/aromatic N) is 3. The lowest BCUT2D eigenvalue weighted by atomic mass is 9.97. The van der Waals surface area contributed by atoms with Gasteiger partial charge in [0, 0.05) is 25.4 Å². The van der Waals surface area contributed by atoms with Crippen LogP contribution in [0.2, 0.25) is 0 Å². The van der Waals surface area contributed by atoms with E-state index >= 15 is 0 Å². The zero-order valence-corrected chi connectivity index (χ0v) is 15.4. The Morgan fingerprint density at radius 2 is 2.04 bits per heavy atom. The van der Waals surface area contributed by atoms with Crippen LogP contribution in [0, 0.1) is 13.8 Å². The molecule has 0 aliphatic carbocycles. The Labute approximate surface area is 148 Å². The average Bonchev–Trinajstić information content (AvgIpc) is 2.85. The third-order valence-corrected chi connectivity index (χ3v) is 4.79. The van der Waals surface area contributed by atoms with Crippen molar-refractivity contribution in [2.75, 3.05) is 20.2 Å². The summed E-state index contributed by atoms with van der Waals surface area (Å²) in [5, 5.41) is 4.42. The first-order valence-corrected chi connectivity index (χ1v) is 8.52. The minimum absolute atomic E-state index is 0.0571. The number of carbonyl (C=O) groups excluding carboxylic acids is 1. The molecule has 1 aromatic heterocycles. The van der Waals surface area contributed by atoms with Crippen LogP contribution >= 0.6 is 0 Å². The molecule has 0 fully saturated rings. The van der Waals surface area contributed by atoms with Crippen molar-refractivity contribution in [2.24, 2.45) is 7.05 Å². The van der Waals surface area contributed by atoms with Gasteiger partial charge in [-0.25, -0.2) is 0 Å². The second kappa shape index (κ2) is 6.78. The van der Waals surface area contributed by atoms with E-state index in [0.717, 1.165) is 28.5 Å². The van der Waals surface area contributed by atoms with Crippen molar-refractivity contribution in [2.45, 2.75) is 32.8 Å². The van der Waals surface area contributed by atoms with Crippen molar-refractivity contribution in [1.82, 2.24) is 14.7 Å². The van der Waals surface area contributed by atoms with Crippen LogP contribution < -0.4 is 9.47 Å². The van der Waals surface area contributed by atoms with Gasteiger partial charge in [0.15, 0.2) is 17.6 Å². The maximum absolute atomic E-state index is 12.9. The lowest BCUT2D eigenvalue weighted by Crippen LogP contribution is -2.43. The standard InChI is InChI=1S/C19H25N3O3/c1-12(18-13(2)20-22(5)14(18)3)19(23)21(4)10-15-11-24-16-8-6-7-9-17(16)25-15/h6-9,12,15H,10-11H2,1-5H3/t12-,15+/m0/s1. The molecule has 6 heteroatoms. The fourth-order valence-electron chi connectivity index (χ4n) is 3.42. The van der Waals surface area contributed by atoms with Gasteiger partial charge >= 0.3 is 0 Å². The number of amides is 1. The molecule has 3 rings (SSSR count). The van der Waals surface area contributed by atoms with Crippen LogP contribution in [0.4, 0.5) is 0 Å². The van der Waals surface area contributed by atoms with E-state index in [0.29, 0.717) is 13.2 Å².